The molecule has 2 atom stereocenters. The molecular formula is C14H29N3O. The summed E-state index contributed by atoms with van der Waals surface area (Å²) < 4.78 is 0. The maximum Gasteiger partial charge on any atom is 0.237 e. The second-order valence-corrected chi connectivity index (χ2v) is 5.46. The Morgan fingerprint density at radius 2 is 2.00 bits per heavy atom. The third-order valence-electron chi connectivity index (χ3n) is 4.06. The first-order chi connectivity index (χ1) is 8.60. The summed E-state index contributed by atoms with van der Waals surface area (Å²) in [4.78, 5) is 14.5. The van der Waals surface area contributed by atoms with Gasteiger partial charge in [-0.1, -0.05) is 19.8 Å². The molecule has 2 unspecified atom stereocenters. The number of nitrogens with zero attached hydrogens (tertiary/aromatic N) is 1. The Balaban J connectivity index is 2.57. The van der Waals surface area contributed by atoms with Crippen LogP contribution in [0.15, 0.2) is 0 Å². The molecule has 0 aliphatic heterocycles. The lowest BCUT2D eigenvalue weighted by molar-refractivity contribution is -0.127. The number of hydrogen-bond acceptors (Lipinski definition) is 3. The van der Waals surface area contributed by atoms with E-state index in [1.54, 1.807) is 0 Å². The molecule has 0 aromatic carbocycles. The molecule has 0 spiro atoms. The van der Waals surface area contributed by atoms with Crippen LogP contribution in [-0.4, -0.2) is 42.0 Å². The van der Waals surface area contributed by atoms with Crippen LogP contribution in [0.1, 0.15) is 52.9 Å². The molecule has 3 N–H and O–H groups in total. The van der Waals surface area contributed by atoms with Gasteiger partial charge in [-0.15, -0.1) is 0 Å². The highest BCUT2D eigenvalue weighted by Crippen LogP contribution is 2.24. The number of nitrogens with one attached hydrogen (secondary N) is 1. The topological polar surface area (TPSA) is 58.4 Å². The molecule has 0 bridgehead atoms. The molecule has 0 radical (unpaired) electrons. The lowest BCUT2D eigenvalue weighted by Crippen LogP contribution is -2.52. The van der Waals surface area contributed by atoms with Gasteiger partial charge in [-0.3, -0.25) is 9.69 Å². The van der Waals surface area contributed by atoms with E-state index in [0.29, 0.717) is 12.6 Å². The molecule has 18 heavy (non-hydrogen) atoms. The van der Waals surface area contributed by atoms with Gasteiger partial charge in [0.25, 0.3) is 0 Å². The predicted molar refractivity (Wildman–Crippen MR) is 75.4 cm³/mol. The van der Waals surface area contributed by atoms with E-state index in [4.69, 9.17) is 5.73 Å². The standard InChI is InChI=1S/C14H29N3O/c1-4-11(2)16-14(18)12(3)17(10-9-15)13-7-5-6-8-13/h11-13H,4-10,15H2,1-3H3,(H,16,18). The van der Waals surface area contributed by atoms with Gasteiger partial charge in [-0.25, -0.2) is 0 Å². The van der Waals surface area contributed by atoms with E-state index in [2.05, 4.69) is 17.1 Å². The molecule has 0 aromatic rings. The first-order valence-electron chi connectivity index (χ1n) is 7.36. The zero-order valence-electron chi connectivity index (χ0n) is 12.1. The van der Waals surface area contributed by atoms with Crippen molar-refractivity contribution in [3.63, 3.8) is 0 Å². The van der Waals surface area contributed by atoms with E-state index >= 15 is 0 Å². The van der Waals surface area contributed by atoms with Crippen LogP contribution in [0.5, 0.6) is 0 Å². The van der Waals surface area contributed by atoms with Crippen LogP contribution < -0.4 is 11.1 Å². The van der Waals surface area contributed by atoms with Crippen LogP contribution in [0.4, 0.5) is 0 Å². The van der Waals surface area contributed by atoms with Crippen molar-refractivity contribution in [1.82, 2.24) is 10.2 Å². The molecule has 4 heteroatoms. The Hall–Kier alpha value is -0.610. The van der Waals surface area contributed by atoms with Crippen LogP contribution in [0.3, 0.4) is 0 Å². The first kappa shape index (κ1) is 15.4. The Bertz CT molecular complexity index is 251. The largest absolute Gasteiger partial charge is 0.352 e. The van der Waals surface area contributed by atoms with Crippen LogP contribution >= 0.6 is 0 Å². The predicted octanol–water partition coefficient (Wildman–Crippen LogP) is 1.49. The number of nitrogens with two attached hydrogens (primary N) is 1. The molecule has 106 valence electrons. The van der Waals surface area contributed by atoms with Gasteiger partial charge in [0.15, 0.2) is 0 Å². The summed E-state index contributed by atoms with van der Waals surface area (Å²) >= 11 is 0. The summed E-state index contributed by atoms with van der Waals surface area (Å²) in [5.74, 6) is 0.143. The van der Waals surface area contributed by atoms with Crippen molar-refractivity contribution in [2.45, 2.75) is 71.0 Å². The second kappa shape index (κ2) is 7.74. The second-order valence-electron chi connectivity index (χ2n) is 5.46. The van der Waals surface area contributed by atoms with Crippen LogP contribution in [0, 0.1) is 0 Å². The molecule has 1 aliphatic carbocycles. The third-order valence-corrected chi connectivity index (χ3v) is 4.06. The first-order valence-corrected chi connectivity index (χ1v) is 7.36. The van der Waals surface area contributed by atoms with Gasteiger partial charge in [-0.2, -0.15) is 0 Å². The summed E-state index contributed by atoms with van der Waals surface area (Å²) in [5, 5.41) is 3.07. The smallest absolute Gasteiger partial charge is 0.237 e. The molecule has 1 rings (SSSR count). The zero-order chi connectivity index (χ0) is 13.5. The molecular weight excluding hydrogens is 226 g/mol. The van der Waals surface area contributed by atoms with Crippen LogP contribution in [0.25, 0.3) is 0 Å². The zero-order valence-corrected chi connectivity index (χ0v) is 12.1. The normalized spacial score (nSPS) is 20.1. The highest BCUT2D eigenvalue weighted by molar-refractivity contribution is 5.81. The van der Waals surface area contributed by atoms with E-state index in [-0.39, 0.29) is 18.0 Å². The summed E-state index contributed by atoms with van der Waals surface area (Å²) in [7, 11) is 0. The van der Waals surface area contributed by atoms with Crippen LogP contribution in [0.2, 0.25) is 0 Å². The molecule has 1 aliphatic rings. The average molecular weight is 255 g/mol. The lowest BCUT2D eigenvalue weighted by atomic mass is 10.1. The van der Waals surface area contributed by atoms with Crippen molar-refractivity contribution >= 4 is 5.91 Å². The summed E-state index contributed by atoms with van der Waals surface area (Å²) in [5.41, 5.74) is 5.69. The van der Waals surface area contributed by atoms with E-state index in [0.717, 1.165) is 13.0 Å². The molecule has 0 aromatic heterocycles. The maximum atomic E-state index is 12.2. The number of carbonyl (C=O) groups is 1. The fourth-order valence-corrected chi connectivity index (χ4v) is 2.69. The van der Waals surface area contributed by atoms with E-state index in [1.165, 1.54) is 25.7 Å². The highest BCUT2D eigenvalue weighted by atomic mass is 16.2. The number of hydrogen-bond donors (Lipinski definition) is 2. The Labute approximate surface area is 111 Å². The minimum absolute atomic E-state index is 0.0642. The highest BCUT2D eigenvalue weighted by Gasteiger charge is 2.29. The monoisotopic (exact) mass is 255 g/mol. The van der Waals surface area contributed by atoms with Crippen molar-refractivity contribution in [3.8, 4) is 0 Å². The molecule has 0 saturated heterocycles. The summed E-state index contributed by atoms with van der Waals surface area (Å²) in [6.45, 7) is 7.58. The SMILES string of the molecule is CCC(C)NC(=O)C(C)N(CCN)C1CCCC1. The van der Waals surface area contributed by atoms with Crippen molar-refractivity contribution in [2.75, 3.05) is 13.1 Å². The molecule has 4 nitrogen and oxygen atoms in total. The lowest BCUT2D eigenvalue weighted by Gasteiger charge is -2.33. The van der Waals surface area contributed by atoms with Crippen LogP contribution in [-0.2, 0) is 4.79 Å². The quantitative estimate of drug-likeness (QED) is 0.724. The molecule has 0 heterocycles. The third kappa shape index (κ3) is 4.25. The minimum atomic E-state index is -0.0642. The molecule has 1 amide bonds. The average Bonchev–Trinajstić information content (AvgIpc) is 2.88. The van der Waals surface area contributed by atoms with Crippen molar-refractivity contribution in [1.29, 1.82) is 0 Å². The van der Waals surface area contributed by atoms with Gasteiger partial charge in [0, 0.05) is 25.2 Å². The van der Waals surface area contributed by atoms with Crippen molar-refractivity contribution < 1.29 is 4.79 Å². The van der Waals surface area contributed by atoms with Crippen molar-refractivity contribution in [3.05, 3.63) is 0 Å². The van der Waals surface area contributed by atoms with Gasteiger partial charge < -0.3 is 11.1 Å². The Morgan fingerprint density at radius 3 is 2.50 bits per heavy atom. The Morgan fingerprint density at radius 1 is 1.39 bits per heavy atom. The van der Waals surface area contributed by atoms with Gasteiger partial charge in [0.05, 0.1) is 6.04 Å². The minimum Gasteiger partial charge on any atom is -0.352 e. The molecule has 1 fully saturated rings. The van der Waals surface area contributed by atoms with E-state index < -0.39 is 0 Å². The Kier molecular flexibility index (Phi) is 6.65. The summed E-state index contributed by atoms with van der Waals surface area (Å²) in [6, 6.07) is 0.736. The maximum absolute atomic E-state index is 12.2. The fraction of sp³-hybridized carbons (Fsp3) is 0.929. The number of amides is 1. The van der Waals surface area contributed by atoms with Gasteiger partial charge in [-0.05, 0) is 33.1 Å². The fourth-order valence-electron chi connectivity index (χ4n) is 2.69. The number of carbonyl (C=O) groups excluding carboxylic acids is 1. The van der Waals surface area contributed by atoms with E-state index in [1.807, 2.05) is 13.8 Å². The van der Waals surface area contributed by atoms with E-state index in [9.17, 15) is 4.79 Å². The summed E-state index contributed by atoms with van der Waals surface area (Å²) in [6.07, 6.45) is 5.96. The van der Waals surface area contributed by atoms with Gasteiger partial charge >= 0.3 is 0 Å². The van der Waals surface area contributed by atoms with Gasteiger partial charge in [0.2, 0.25) is 5.91 Å². The number of rotatable bonds is 7. The van der Waals surface area contributed by atoms with Crippen molar-refractivity contribution in [2.24, 2.45) is 5.73 Å². The van der Waals surface area contributed by atoms with Gasteiger partial charge in [0.1, 0.15) is 0 Å². The molecule has 1 saturated carbocycles.